The van der Waals surface area contributed by atoms with Crippen LogP contribution in [0.25, 0.3) is 20.8 Å². The molecule has 0 bridgehead atoms. The van der Waals surface area contributed by atoms with Crippen LogP contribution in [0.3, 0.4) is 0 Å². The van der Waals surface area contributed by atoms with E-state index in [1.54, 1.807) is 11.3 Å². The molecule has 1 aromatic heterocycles. The van der Waals surface area contributed by atoms with Crippen LogP contribution in [0.2, 0.25) is 0 Å². The van der Waals surface area contributed by atoms with Crippen molar-refractivity contribution in [1.29, 1.82) is 0 Å². The maximum absolute atomic E-state index is 12.6. The Labute approximate surface area is 167 Å². The Morgan fingerprint density at radius 1 is 1.07 bits per heavy atom. The van der Waals surface area contributed by atoms with Gasteiger partial charge in [0.2, 0.25) is 5.91 Å². The van der Waals surface area contributed by atoms with Crippen molar-refractivity contribution in [1.82, 2.24) is 4.98 Å². The van der Waals surface area contributed by atoms with Gasteiger partial charge in [-0.05, 0) is 61.7 Å². The van der Waals surface area contributed by atoms with Gasteiger partial charge in [0, 0.05) is 29.1 Å². The molecule has 1 saturated carbocycles. The molecule has 6 heteroatoms. The molecule has 0 spiro atoms. The zero-order valence-electron chi connectivity index (χ0n) is 15.6. The first-order chi connectivity index (χ1) is 13.5. The Morgan fingerprint density at radius 2 is 1.79 bits per heavy atom. The van der Waals surface area contributed by atoms with E-state index in [1.165, 1.54) is 5.56 Å². The van der Waals surface area contributed by atoms with Crippen molar-refractivity contribution in [3.8, 4) is 10.6 Å². The highest BCUT2D eigenvalue weighted by Gasteiger charge is 2.31. The highest BCUT2D eigenvalue weighted by molar-refractivity contribution is 7.21. The number of carbonyl (C=O) groups excluding carboxylic acids is 2. The van der Waals surface area contributed by atoms with E-state index in [4.69, 9.17) is 0 Å². The lowest BCUT2D eigenvalue weighted by molar-refractivity contribution is -0.313. The number of carbonyl (C=O) groups is 2. The second kappa shape index (κ2) is 7.72. The van der Waals surface area contributed by atoms with Gasteiger partial charge in [0.1, 0.15) is 5.01 Å². The molecule has 5 nitrogen and oxygen atoms in total. The number of amides is 1. The van der Waals surface area contributed by atoms with Gasteiger partial charge in [-0.1, -0.05) is 18.9 Å². The van der Waals surface area contributed by atoms with E-state index >= 15 is 0 Å². The maximum atomic E-state index is 12.6. The molecular weight excluding hydrogens is 372 g/mol. The van der Waals surface area contributed by atoms with Crippen molar-refractivity contribution in [2.75, 3.05) is 5.32 Å². The molecule has 1 aliphatic rings. The number of fused-ring (bicyclic) bond motifs is 1. The maximum Gasteiger partial charge on any atom is 0.228 e. The van der Waals surface area contributed by atoms with Crippen LogP contribution in [-0.2, 0) is 9.59 Å². The molecule has 28 heavy (non-hydrogen) atoms. The summed E-state index contributed by atoms with van der Waals surface area (Å²) in [7, 11) is 0. The summed E-state index contributed by atoms with van der Waals surface area (Å²) in [4.78, 5) is 28.6. The van der Waals surface area contributed by atoms with Crippen LogP contribution < -0.4 is 10.4 Å². The standard InChI is InChI=1S/C22H22N2O3S/c1-13-6-11-18-19(12-13)28-21(24-18)14-7-9-15(10-8-14)23-20(25)16-4-2-3-5-17(16)22(26)27/h6-12,16-17H,2-5H2,1H3,(H,23,25)(H,26,27)/p-1/t16-,17+/m0/s1. The average molecular weight is 393 g/mol. The van der Waals surface area contributed by atoms with E-state index in [2.05, 4.69) is 29.4 Å². The van der Waals surface area contributed by atoms with Crippen molar-refractivity contribution in [2.45, 2.75) is 32.6 Å². The number of aliphatic carboxylic acids is 1. The number of benzene rings is 2. The molecule has 0 aliphatic heterocycles. The molecule has 0 saturated heterocycles. The number of aromatic nitrogens is 1. The highest BCUT2D eigenvalue weighted by Crippen LogP contribution is 2.33. The first-order valence-electron chi connectivity index (χ1n) is 9.50. The smallest absolute Gasteiger partial charge is 0.228 e. The molecule has 2 atom stereocenters. The Morgan fingerprint density at radius 3 is 2.50 bits per heavy atom. The number of thiazole rings is 1. The number of carboxylic acid groups (broad SMARTS) is 1. The second-order valence-electron chi connectivity index (χ2n) is 7.37. The Kier molecular flexibility index (Phi) is 5.13. The lowest BCUT2D eigenvalue weighted by Crippen LogP contribution is -2.42. The molecule has 1 fully saturated rings. The predicted octanol–water partition coefficient (Wildman–Crippen LogP) is 3.77. The molecule has 1 N–H and O–H groups in total. The fraction of sp³-hybridized carbons (Fsp3) is 0.318. The number of carboxylic acids is 1. The van der Waals surface area contributed by atoms with Gasteiger partial charge >= 0.3 is 0 Å². The van der Waals surface area contributed by atoms with Gasteiger partial charge in [-0.3, -0.25) is 4.79 Å². The molecule has 1 aliphatic carbocycles. The summed E-state index contributed by atoms with van der Waals surface area (Å²) < 4.78 is 1.15. The minimum absolute atomic E-state index is 0.239. The Balaban J connectivity index is 1.49. The van der Waals surface area contributed by atoms with E-state index in [-0.39, 0.29) is 5.91 Å². The molecule has 1 heterocycles. The topological polar surface area (TPSA) is 82.1 Å². The molecule has 0 radical (unpaired) electrons. The summed E-state index contributed by atoms with van der Waals surface area (Å²) in [6, 6.07) is 13.7. The van der Waals surface area contributed by atoms with Crippen LogP contribution >= 0.6 is 11.3 Å². The summed E-state index contributed by atoms with van der Waals surface area (Å²) >= 11 is 1.64. The molecule has 2 aromatic carbocycles. The van der Waals surface area contributed by atoms with Crippen molar-refractivity contribution < 1.29 is 14.7 Å². The molecule has 4 rings (SSSR count). The number of nitrogens with zero attached hydrogens (tertiary/aromatic N) is 1. The van der Waals surface area contributed by atoms with Crippen molar-refractivity contribution in [3.63, 3.8) is 0 Å². The third kappa shape index (κ3) is 3.78. The van der Waals surface area contributed by atoms with E-state index in [1.807, 2.05) is 30.3 Å². The first kappa shape index (κ1) is 18.6. The normalized spacial score (nSPS) is 19.5. The van der Waals surface area contributed by atoms with E-state index < -0.39 is 17.8 Å². The minimum atomic E-state index is -1.12. The van der Waals surface area contributed by atoms with Crippen LogP contribution in [-0.4, -0.2) is 16.9 Å². The third-order valence-corrected chi connectivity index (χ3v) is 6.42. The largest absolute Gasteiger partial charge is 0.550 e. The van der Waals surface area contributed by atoms with E-state index in [0.717, 1.165) is 33.6 Å². The van der Waals surface area contributed by atoms with Gasteiger partial charge in [0.05, 0.1) is 10.2 Å². The molecule has 1 amide bonds. The van der Waals surface area contributed by atoms with Crippen LogP contribution in [0.15, 0.2) is 42.5 Å². The van der Waals surface area contributed by atoms with Gasteiger partial charge in [-0.25, -0.2) is 4.98 Å². The summed E-state index contributed by atoms with van der Waals surface area (Å²) in [6.07, 6.45) is 2.81. The number of aryl methyl sites for hydroxylation is 1. The average Bonchev–Trinajstić information content (AvgIpc) is 3.11. The van der Waals surface area contributed by atoms with Gasteiger partial charge in [0.25, 0.3) is 0 Å². The van der Waals surface area contributed by atoms with Gasteiger partial charge in [-0.15, -0.1) is 11.3 Å². The van der Waals surface area contributed by atoms with E-state index in [9.17, 15) is 14.7 Å². The monoisotopic (exact) mass is 393 g/mol. The quantitative estimate of drug-likeness (QED) is 0.732. The van der Waals surface area contributed by atoms with Gasteiger partial charge < -0.3 is 15.2 Å². The van der Waals surface area contributed by atoms with Crippen LogP contribution in [0, 0.1) is 18.8 Å². The number of anilines is 1. The predicted molar refractivity (Wildman–Crippen MR) is 109 cm³/mol. The number of hydrogen-bond acceptors (Lipinski definition) is 5. The lowest BCUT2D eigenvalue weighted by atomic mass is 9.78. The minimum Gasteiger partial charge on any atom is -0.550 e. The molecule has 144 valence electrons. The van der Waals surface area contributed by atoms with Crippen molar-refractivity contribution >= 4 is 39.1 Å². The Bertz CT molecular complexity index is 1030. The molecule has 3 aromatic rings. The molecular formula is C22H21N2O3S-. The van der Waals surface area contributed by atoms with E-state index in [0.29, 0.717) is 18.5 Å². The van der Waals surface area contributed by atoms with Crippen molar-refractivity contribution in [3.05, 3.63) is 48.0 Å². The fourth-order valence-electron chi connectivity index (χ4n) is 3.81. The van der Waals surface area contributed by atoms with Crippen molar-refractivity contribution in [2.24, 2.45) is 11.8 Å². The van der Waals surface area contributed by atoms with Crippen LogP contribution in [0.4, 0.5) is 5.69 Å². The van der Waals surface area contributed by atoms with Crippen LogP contribution in [0.5, 0.6) is 0 Å². The summed E-state index contributed by atoms with van der Waals surface area (Å²) in [6.45, 7) is 2.06. The molecule has 0 unspecified atom stereocenters. The summed E-state index contributed by atoms with van der Waals surface area (Å²) in [5.41, 5.74) is 3.84. The Hall–Kier alpha value is -2.73. The zero-order chi connectivity index (χ0) is 19.7. The van der Waals surface area contributed by atoms with Crippen LogP contribution in [0.1, 0.15) is 31.2 Å². The lowest BCUT2D eigenvalue weighted by Gasteiger charge is -2.31. The van der Waals surface area contributed by atoms with Gasteiger partial charge in [0.15, 0.2) is 0 Å². The SMILES string of the molecule is Cc1ccc2nc(-c3ccc(NC(=O)[C@H]4CCCC[C@H]4C(=O)[O-])cc3)sc2c1. The number of nitrogens with one attached hydrogen (secondary N) is 1. The second-order valence-corrected chi connectivity index (χ2v) is 8.40. The number of rotatable bonds is 4. The number of hydrogen-bond donors (Lipinski definition) is 1. The summed E-state index contributed by atoms with van der Waals surface area (Å²) in [5, 5.41) is 15.1. The summed E-state index contributed by atoms with van der Waals surface area (Å²) in [5.74, 6) is -2.58. The first-order valence-corrected chi connectivity index (χ1v) is 10.3. The third-order valence-electron chi connectivity index (χ3n) is 5.35. The zero-order valence-corrected chi connectivity index (χ0v) is 16.4. The van der Waals surface area contributed by atoms with Gasteiger partial charge in [-0.2, -0.15) is 0 Å². The fourth-order valence-corrected chi connectivity index (χ4v) is 4.88. The highest BCUT2D eigenvalue weighted by atomic mass is 32.1.